The second-order valence-corrected chi connectivity index (χ2v) is 4.61. The van der Waals surface area contributed by atoms with Crippen LogP contribution in [0.3, 0.4) is 0 Å². The van der Waals surface area contributed by atoms with Gasteiger partial charge in [0.2, 0.25) is 0 Å². The first-order chi connectivity index (χ1) is 7.74. The lowest BCUT2D eigenvalue weighted by molar-refractivity contribution is 0.199. The Bertz CT molecular complexity index is 283. The van der Waals surface area contributed by atoms with Crippen molar-refractivity contribution < 1.29 is 9.15 Å². The maximum absolute atomic E-state index is 5.47. The molecule has 0 radical (unpaired) electrons. The van der Waals surface area contributed by atoms with E-state index < -0.39 is 0 Å². The third kappa shape index (κ3) is 5.01. The van der Waals surface area contributed by atoms with Gasteiger partial charge >= 0.3 is 0 Å². The molecule has 16 heavy (non-hydrogen) atoms. The molecule has 0 amide bonds. The highest BCUT2D eigenvalue weighted by atomic mass is 32.2. The second kappa shape index (κ2) is 7.70. The monoisotopic (exact) mass is 244 g/mol. The van der Waals surface area contributed by atoms with E-state index in [1.807, 2.05) is 13.8 Å². The molecule has 0 unspecified atom stereocenters. The first-order valence-electron chi connectivity index (χ1n) is 5.50. The van der Waals surface area contributed by atoms with Crippen LogP contribution in [-0.2, 0) is 4.74 Å². The fourth-order valence-electron chi connectivity index (χ4n) is 1.16. The summed E-state index contributed by atoms with van der Waals surface area (Å²) in [7, 11) is 1.71. The number of methoxy groups -OCH3 is 1. The Balaban J connectivity index is 2.03. The van der Waals surface area contributed by atoms with Crippen molar-refractivity contribution in [3.63, 3.8) is 0 Å². The van der Waals surface area contributed by atoms with Gasteiger partial charge in [-0.05, 0) is 26.8 Å². The van der Waals surface area contributed by atoms with Gasteiger partial charge in [-0.2, -0.15) is 0 Å². The smallest absolute Gasteiger partial charge is 0.256 e. The van der Waals surface area contributed by atoms with Crippen LogP contribution < -0.4 is 5.32 Å². The quantitative estimate of drug-likeness (QED) is 0.560. The highest BCUT2D eigenvalue weighted by molar-refractivity contribution is 7.99. The zero-order chi connectivity index (χ0) is 11.8. The van der Waals surface area contributed by atoms with E-state index in [-0.39, 0.29) is 0 Å². The number of hydrogen-bond acceptors (Lipinski definition) is 5. The molecule has 1 rings (SSSR count). The molecule has 92 valence electrons. The summed E-state index contributed by atoms with van der Waals surface area (Å²) >= 11 is 1.67. The summed E-state index contributed by atoms with van der Waals surface area (Å²) in [6, 6.07) is 0. The van der Waals surface area contributed by atoms with E-state index >= 15 is 0 Å². The van der Waals surface area contributed by atoms with Crippen molar-refractivity contribution in [1.82, 2.24) is 10.3 Å². The number of thioether (sulfide) groups is 1. The summed E-state index contributed by atoms with van der Waals surface area (Å²) in [6.07, 6.45) is 1.11. The Morgan fingerprint density at radius 2 is 2.19 bits per heavy atom. The van der Waals surface area contributed by atoms with Crippen molar-refractivity contribution in [3.05, 3.63) is 11.5 Å². The topological polar surface area (TPSA) is 47.3 Å². The van der Waals surface area contributed by atoms with Crippen LogP contribution in [0.5, 0.6) is 0 Å². The van der Waals surface area contributed by atoms with Gasteiger partial charge in [-0.25, -0.2) is 4.98 Å². The number of nitrogens with zero attached hydrogens (tertiary/aromatic N) is 1. The van der Waals surface area contributed by atoms with Crippen molar-refractivity contribution >= 4 is 11.8 Å². The fourth-order valence-corrected chi connectivity index (χ4v) is 2.01. The normalized spacial score (nSPS) is 10.9. The van der Waals surface area contributed by atoms with E-state index in [2.05, 4.69) is 10.3 Å². The average Bonchev–Trinajstić information content (AvgIpc) is 2.57. The second-order valence-electron chi connectivity index (χ2n) is 3.57. The Morgan fingerprint density at radius 1 is 1.38 bits per heavy atom. The molecule has 0 saturated carbocycles. The number of aromatic nitrogens is 1. The predicted octanol–water partition coefficient (Wildman–Crippen LogP) is 2.01. The minimum Gasteiger partial charge on any atom is -0.437 e. The standard InChI is InChI=1S/C11H20N2O2S/c1-9-10(2)15-11(13-9)16-8-4-5-12-6-7-14-3/h12H,4-8H2,1-3H3. The molecule has 0 bridgehead atoms. The van der Waals surface area contributed by atoms with Crippen LogP contribution >= 0.6 is 11.8 Å². The molecule has 0 atom stereocenters. The molecule has 1 aromatic heterocycles. The van der Waals surface area contributed by atoms with E-state index in [0.717, 1.165) is 48.5 Å². The summed E-state index contributed by atoms with van der Waals surface area (Å²) < 4.78 is 10.4. The first-order valence-corrected chi connectivity index (χ1v) is 6.49. The molecule has 1 heterocycles. The zero-order valence-electron chi connectivity index (χ0n) is 10.2. The lowest BCUT2D eigenvalue weighted by atomic mass is 10.4. The van der Waals surface area contributed by atoms with Gasteiger partial charge in [0.05, 0.1) is 12.3 Å². The third-order valence-corrected chi connectivity index (χ3v) is 3.13. The molecule has 0 fully saturated rings. The summed E-state index contributed by atoms with van der Waals surface area (Å²) in [5.74, 6) is 1.94. The molecule has 0 spiro atoms. The molecular weight excluding hydrogens is 224 g/mol. The van der Waals surface area contributed by atoms with Gasteiger partial charge in [0.25, 0.3) is 5.22 Å². The minimum absolute atomic E-state index is 0.769. The highest BCUT2D eigenvalue weighted by Crippen LogP contribution is 2.20. The van der Waals surface area contributed by atoms with Crippen LogP contribution in [0.15, 0.2) is 9.64 Å². The van der Waals surface area contributed by atoms with Crippen molar-refractivity contribution in [2.75, 3.05) is 32.6 Å². The van der Waals surface area contributed by atoms with Crippen molar-refractivity contribution in [3.8, 4) is 0 Å². The Labute approximate surface area is 101 Å². The number of aryl methyl sites for hydroxylation is 2. The van der Waals surface area contributed by atoms with Crippen LogP contribution in [0, 0.1) is 13.8 Å². The molecule has 1 N–H and O–H groups in total. The average molecular weight is 244 g/mol. The fraction of sp³-hybridized carbons (Fsp3) is 0.727. The van der Waals surface area contributed by atoms with Gasteiger partial charge in [-0.1, -0.05) is 11.8 Å². The number of nitrogens with one attached hydrogen (secondary N) is 1. The summed E-state index contributed by atoms with van der Waals surface area (Å²) in [4.78, 5) is 4.31. The number of ether oxygens (including phenoxy) is 1. The molecule has 0 aliphatic carbocycles. The van der Waals surface area contributed by atoms with Gasteiger partial charge in [-0.15, -0.1) is 0 Å². The molecule has 1 aromatic rings. The van der Waals surface area contributed by atoms with Crippen LogP contribution in [0.2, 0.25) is 0 Å². The van der Waals surface area contributed by atoms with Crippen LogP contribution in [0.1, 0.15) is 17.9 Å². The van der Waals surface area contributed by atoms with E-state index in [4.69, 9.17) is 9.15 Å². The van der Waals surface area contributed by atoms with Gasteiger partial charge in [0, 0.05) is 19.4 Å². The number of hydrogen-bond donors (Lipinski definition) is 1. The van der Waals surface area contributed by atoms with E-state index in [1.54, 1.807) is 18.9 Å². The van der Waals surface area contributed by atoms with Crippen LogP contribution in [-0.4, -0.2) is 37.5 Å². The van der Waals surface area contributed by atoms with Crippen LogP contribution in [0.25, 0.3) is 0 Å². The Morgan fingerprint density at radius 3 is 2.81 bits per heavy atom. The molecular formula is C11H20N2O2S. The number of rotatable bonds is 8. The lowest BCUT2D eigenvalue weighted by Gasteiger charge is -2.02. The predicted molar refractivity (Wildman–Crippen MR) is 66.1 cm³/mol. The van der Waals surface area contributed by atoms with Crippen molar-refractivity contribution in [2.45, 2.75) is 25.5 Å². The Hall–Kier alpha value is -0.520. The highest BCUT2D eigenvalue weighted by Gasteiger charge is 2.04. The van der Waals surface area contributed by atoms with Crippen molar-refractivity contribution in [1.29, 1.82) is 0 Å². The molecule has 0 aliphatic heterocycles. The van der Waals surface area contributed by atoms with Gasteiger partial charge in [-0.3, -0.25) is 0 Å². The summed E-state index contributed by atoms with van der Waals surface area (Å²) in [5, 5.41) is 4.08. The van der Waals surface area contributed by atoms with Crippen LogP contribution in [0.4, 0.5) is 0 Å². The van der Waals surface area contributed by atoms with E-state index in [9.17, 15) is 0 Å². The molecule has 0 aromatic carbocycles. The minimum atomic E-state index is 0.769. The third-order valence-electron chi connectivity index (χ3n) is 2.22. The van der Waals surface area contributed by atoms with Crippen molar-refractivity contribution in [2.24, 2.45) is 0 Å². The molecule has 0 aliphatic rings. The van der Waals surface area contributed by atoms with E-state index in [1.165, 1.54) is 0 Å². The largest absolute Gasteiger partial charge is 0.437 e. The van der Waals surface area contributed by atoms with Gasteiger partial charge in [0.15, 0.2) is 0 Å². The zero-order valence-corrected chi connectivity index (χ0v) is 11.0. The molecule has 4 nitrogen and oxygen atoms in total. The maximum atomic E-state index is 5.47. The molecule has 5 heteroatoms. The lowest BCUT2D eigenvalue weighted by Crippen LogP contribution is -2.20. The SMILES string of the molecule is COCCNCCCSc1nc(C)c(C)o1. The van der Waals surface area contributed by atoms with Gasteiger partial charge in [0.1, 0.15) is 5.76 Å². The summed E-state index contributed by atoms with van der Waals surface area (Å²) in [6.45, 7) is 6.60. The first kappa shape index (κ1) is 13.5. The summed E-state index contributed by atoms with van der Waals surface area (Å²) in [5.41, 5.74) is 0.987. The molecule has 0 saturated heterocycles. The van der Waals surface area contributed by atoms with E-state index in [0.29, 0.717) is 0 Å². The maximum Gasteiger partial charge on any atom is 0.256 e. The number of oxazole rings is 1. The van der Waals surface area contributed by atoms with Gasteiger partial charge < -0.3 is 14.5 Å². The Kier molecular flexibility index (Phi) is 6.52.